The van der Waals surface area contributed by atoms with Crippen LogP contribution in [0, 0.1) is 0 Å². The van der Waals surface area contributed by atoms with Crippen molar-refractivity contribution >= 4 is 22.0 Å². The van der Waals surface area contributed by atoms with Gasteiger partial charge in [-0.1, -0.05) is 60.7 Å². The van der Waals surface area contributed by atoms with Crippen molar-refractivity contribution in [1.29, 1.82) is 0 Å². The van der Waals surface area contributed by atoms with Gasteiger partial charge >= 0.3 is 0 Å². The number of benzene rings is 2. The number of sulfonamides is 1. The average Bonchev–Trinajstić information content (AvgIpc) is 3.35. The monoisotopic (exact) mass is 450 g/mol. The Morgan fingerprint density at radius 3 is 2.47 bits per heavy atom. The zero-order chi connectivity index (χ0) is 22.4. The lowest BCUT2D eigenvalue weighted by Crippen LogP contribution is -2.35. The maximum atomic E-state index is 12.3. The summed E-state index contributed by atoms with van der Waals surface area (Å²) >= 11 is 0. The Bertz CT molecular complexity index is 1190. The Hall–Kier alpha value is -3.23. The Labute approximate surface area is 188 Å². The van der Waals surface area contributed by atoms with Crippen LogP contribution in [0.25, 0.3) is 17.3 Å². The van der Waals surface area contributed by atoms with Gasteiger partial charge in [0.2, 0.25) is 15.9 Å². The smallest absolute Gasteiger partial charge is 0.244 e. The summed E-state index contributed by atoms with van der Waals surface area (Å²) in [5, 5.41) is 7.51. The molecular formula is C24H26N4O3S. The van der Waals surface area contributed by atoms with Gasteiger partial charge < -0.3 is 5.32 Å². The Kier molecular flexibility index (Phi) is 6.82. The highest BCUT2D eigenvalue weighted by molar-refractivity contribution is 7.89. The molecule has 0 bridgehead atoms. The van der Waals surface area contributed by atoms with Gasteiger partial charge in [-0.25, -0.2) is 12.7 Å². The van der Waals surface area contributed by atoms with E-state index in [0.717, 1.165) is 22.4 Å². The van der Waals surface area contributed by atoms with Gasteiger partial charge in [-0.05, 0) is 18.1 Å². The molecule has 166 valence electrons. The number of nitrogens with zero attached hydrogens (tertiary/aromatic N) is 3. The molecule has 3 aromatic rings. The summed E-state index contributed by atoms with van der Waals surface area (Å²) in [6.07, 6.45) is 5.79. The standard InChI is InChI=1S/C24H26N4O3S/c29-23(25-14-16-28-15-7-17-32(28,30)31)13-12-22-19-27(18-20-8-3-1-4-9-20)26-24(22)21-10-5-2-6-11-21/h1-6,8-13,19H,7,14-18H2,(H,25,29). The van der Waals surface area contributed by atoms with E-state index in [-0.39, 0.29) is 18.2 Å². The first-order valence-electron chi connectivity index (χ1n) is 10.6. The quantitative estimate of drug-likeness (QED) is 0.535. The van der Waals surface area contributed by atoms with E-state index in [1.54, 1.807) is 6.08 Å². The van der Waals surface area contributed by atoms with Gasteiger partial charge in [0.05, 0.1) is 18.0 Å². The Morgan fingerprint density at radius 2 is 1.78 bits per heavy atom. The lowest BCUT2D eigenvalue weighted by Gasteiger charge is -2.13. The number of hydrogen-bond donors (Lipinski definition) is 1. The molecule has 2 aromatic carbocycles. The van der Waals surface area contributed by atoms with E-state index in [2.05, 4.69) is 5.32 Å². The first-order chi connectivity index (χ1) is 15.5. The number of hydrogen-bond acceptors (Lipinski definition) is 4. The molecule has 4 rings (SSSR count). The van der Waals surface area contributed by atoms with Crippen molar-refractivity contribution in [1.82, 2.24) is 19.4 Å². The number of rotatable bonds is 8. The van der Waals surface area contributed by atoms with Gasteiger partial charge in [-0.2, -0.15) is 5.10 Å². The van der Waals surface area contributed by atoms with Gasteiger partial charge in [0, 0.05) is 43.0 Å². The molecule has 0 radical (unpaired) electrons. The van der Waals surface area contributed by atoms with Crippen LogP contribution in [0.4, 0.5) is 0 Å². The second-order valence-corrected chi connectivity index (χ2v) is 9.76. The minimum Gasteiger partial charge on any atom is -0.351 e. The molecule has 0 atom stereocenters. The molecule has 1 amide bonds. The van der Waals surface area contributed by atoms with Crippen molar-refractivity contribution in [3.63, 3.8) is 0 Å². The van der Waals surface area contributed by atoms with Gasteiger partial charge in [-0.15, -0.1) is 0 Å². The minimum absolute atomic E-state index is 0.191. The van der Waals surface area contributed by atoms with Crippen LogP contribution < -0.4 is 5.32 Å². The molecule has 7 nitrogen and oxygen atoms in total. The van der Waals surface area contributed by atoms with Gasteiger partial charge in [0.15, 0.2) is 0 Å². The Balaban J connectivity index is 1.45. The van der Waals surface area contributed by atoms with E-state index in [1.807, 2.05) is 71.5 Å². The summed E-state index contributed by atoms with van der Waals surface area (Å²) in [5.41, 5.74) is 3.75. The predicted octanol–water partition coefficient (Wildman–Crippen LogP) is 2.76. The average molecular weight is 451 g/mol. The molecule has 1 fully saturated rings. The molecule has 2 heterocycles. The number of nitrogens with one attached hydrogen (secondary N) is 1. The molecule has 1 aliphatic rings. The van der Waals surface area contributed by atoms with Crippen molar-refractivity contribution in [2.24, 2.45) is 0 Å². The fourth-order valence-electron chi connectivity index (χ4n) is 3.70. The topological polar surface area (TPSA) is 84.3 Å². The molecule has 1 N–H and O–H groups in total. The van der Waals surface area contributed by atoms with Gasteiger partial charge in [0.25, 0.3) is 0 Å². The van der Waals surface area contributed by atoms with E-state index in [1.165, 1.54) is 10.4 Å². The first kappa shape index (κ1) is 22.0. The van der Waals surface area contributed by atoms with Gasteiger partial charge in [-0.3, -0.25) is 9.48 Å². The molecule has 0 aliphatic carbocycles. The van der Waals surface area contributed by atoms with Crippen LogP contribution in [-0.2, 0) is 21.4 Å². The largest absolute Gasteiger partial charge is 0.351 e. The SMILES string of the molecule is O=C(C=Cc1cn(Cc2ccccc2)nc1-c1ccccc1)NCCN1CCCS1(=O)=O. The highest BCUT2D eigenvalue weighted by Crippen LogP contribution is 2.23. The minimum atomic E-state index is -3.15. The maximum absolute atomic E-state index is 12.3. The number of carbonyl (C=O) groups excluding carboxylic acids is 1. The summed E-state index contributed by atoms with van der Waals surface area (Å²) in [5.74, 6) is -0.0766. The zero-order valence-corrected chi connectivity index (χ0v) is 18.5. The second kappa shape index (κ2) is 9.93. The molecule has 1 aliphatic heterocycles. The van der Waals surface area contributed by atoms with Crippen LogP contribution in [-0.4, -0.2) is 53.8 Å². The van der Waals surface area contributed by atoms with Crippen molar-refractivity contribution in [3.05, 3.63) is 84.1 Å². The summed E-state index contributed by atoms with van der Waals surface area (Å²) in [6.45, 7) is 1.73. The number of aromatic nitrogens is 2. The fraction of sp³-hybridized carbons (Fsp3) is 0.250. The summed E-state index contributed by atoms with van der Waals surface area (Å²) in [4.78, 5) is 12.3. The highest BCUT2D eigenvalue weighted by Gasteiger charge is 2.27. The van der Waals surface area contributed by atoms with Crippen molar-refractivity contribution in [2.45, 2.75) is 13.0 Å². The fourth-order valence-corrected chi connectivity index (χ4v) is 5.23. The molecule has 0 saturated carbocycles. The van der Waals surface area contributed by atoms with Crippen LogP contribution >= 0.6 is 0 Å². The molecular weight excluding hydrogens is 424 g/mol. The number of carbonyl (C=O) groups is 1. The molecule has 1 aromatic heterocycles. The second-order valence-electron chi connectivity index (χ2n) is 7.68. The van der Waals surface area contributed by atoms with E-state index < -0.39 is 10.0 Å². The van der Waals surface area contributed by atoms with Crippen LogP contribution in [0.15, 0.2) is 72.9 Å². The van der Waals surface area contributed by atoms with E-state index in [9.17, 15) is 13.2 Å². The van der Waals surface area contributed by atoms with Crippen LogP contribution in [0.5, 0.6) is 0 Å². The van der Waals surface area contributed by atoms with E-state index in [0.29, 0.717) is 26.1 Å². The maximum Gasteiger partial charge on any atom is 0.244 e. The highest BCUT2D eigenvalue weighted by atomic mass is 32.2. The lowest BCUT2D eigenvalue weighted by molar-refractivity contribution is -0.116. The predicted molar refractivity (Wildman–Crippen MR) is 125 cm³/mol. The zero-order valence-electron chi connectivity index (χ0n) is 17.7. The van der Waals surface area contributed by atoms with Crippen molar-refractivity contribution < 1.29 is 13.2 Å². The lowest BCUT2D eigenvalue weighted by atomic mass is 10.1. The third kappa shape index (κ3) is 5.52. The van der Waals surface area contributed by atoms with Crippen LogP contribution in [0.1, 0.15) is 17.5 Å². The number of amides is 1. The van der Waals surface area contributed by atoms with E-state index >= 15 is 0 Å². The third-order valence-corrected chi connectivity index (χ3v) is 7.26. The molecule has 8 heteroatoms. The summed E-state index contributed by atoms with van der Waals surface area (Å²) in [6, 6.07) is 19.9. The summed E-state index contributed by atoms with van der Waals surface area (Å²) in [7, 11) is -3.15. The summed E-state index contributed by atoms with van der Waals surface area (Å²) < 4.78 is 27.0. The molecule has 1 saturated heterocycles. The van der Waals surface area contributed by atoms with Crippen LogP contribution in [0.2, 0.25) is 0 Å². The van der Waals surface area contributed by atoms with Crippen LogP contribution in [0.3, 0.4) is 0 Å². The molecule has 32 heavy (non-hydrogen) atoms. The Morgan fingerprint density at radius 1 is 1.06 bits per heavy atom. The van der Waals surface area contributed by atoms with Crippen molar-refractivity contribution in [3.8, 4) is 11.3 Å². The molecule has 0 unspecified atom stereocenters. The molecule has 0 spiro atoms. The van der Waals surface area contributed by atoms with Gasteiger partial charge in [0.1, 0.15) is 0 Å². The van der Waals surface area contributed by atoms with Crippen molar-refractivity contribution in [2.75, 3.05) is 25.4 Å². The normalized spacial score (nSPS) is 15.9. The van der Waals surface area contributed by atoms with E-state index in [4.69, 9.17) is 5.10 Å². The first-order valence-corrected chi connectivity index (χ1v) is 12.2. The third-order valence-electron chi connectivity index (χ3n) is 5.30.